The van der Waals surface area contributed by atoms with E-state index in [-0.39, 0.29) is 24.5 Å². The molecule has 1 aromatic carbocycles. The first-order chi connectivity index (χ1) is 8.91. The summed E-state index contributed by atoms with van der Waals surface area (Å²) < 4.78 is 0. The predicted molar refractivity (Wildman–Crippen MR) is 81.6 cm³/mol. The molecular formula is C14H21N3OS. The van der Waals surface area contributed by atoms with Crippen molar-refractivity contribution in [2.75, 3.05) is 6.54 Å². The predicted octanol–water partition coefficient (Wildman–Crippen LogP) is 1.60. The lowest BCUT2D eigenvalue weighted by Gasteiger charge is -2.34. The SMILES string of the molecule is CC(C)N(CC(N)=O)C(CC(N)=S)c1ccccc1. The molecule has 1 unspecified atom stereocenters. The van der Waals surface area contributed by atoms with Gasteiger partial charge in [-0.1, -0.05) is 42.5 Å². The molecule has 0 aliphatic carbocycles. The van der Waals surface area contributed by atoms with Crippen LogP contribution in [-0.4, -0.2) is 28.4 Å². The summed E-state index contributed by atoms with van der Waals surface area (Å²) >= 11 is 5.03. The van der Waals surface area contributed by atoms with Crippen LogP contribution in [-0.2, 0) is 4.79 Å². The number of hydrogen-bond donors (Lipinski definition) is 2. The molecule has 104 valence electrons. The Labute approximate surface area is 119 Å². The second kappa shape index (κ2) is 7.21. The Morgan fingerprint density at radius 1 is 1.26 bits per heavy atom. The molecule has 0 bridgehead atoms. The quantitative estimate of drug-likeness (QED) is 0.744. The molecule has 0 aliphatic heterocycles. The Morgan fingerprint density at radius 3 is 2.26 bits per heavy atom. The number of carbonyl (C=O) groups excluding carboxylic acids is 1. The van der Waals surface area contributed by atoms with Crippen molar-refractivity contribution >= 4 is 23.1 Å². The first-order valence-electron chi connectivity index (χ1n) is 6.29. The van der Waals surface area contributed by atoms with E-state index >= 15 is 0 Å². The van der Waals surface area contributed by atoms with Crippen molar-refractivity contribution < 1.29 is 4.79 Å². The largest absolute Gasteiger partial charge is 0.393 e. The summed E-state index contributed by atoms with van der Waals surface area (Å²) in [5.41, 5.74) is 12.1. The van der Waals surface area contributed by atoms with Crippen molar-refractivity contribution in [2.45, 2.75) is 32.4 Å². The highest BCUT2D eigenvalue weighted by molar-refractivity contribution is 7.80. The summed E-state index contributed by atoms with van der Waals surface area (Å²) in [7, 11) is 0. The van der Waals surface area contributed by atoms with E-state index in [1.54, 1.807) is 0 Å². The van der Waals surface area contributed by atoms with Crippen LogP contribution in [0.3, 0.4) is 0 Å². The van der Waals surface area contributed by atoms with Crippen LogP contribution in [0, 0.1) is 0 Å². The summed E-state index contributed by atoms with van der Waals surface area (Å²) in [5, 5.41) is 0. The number of benzene rings is 1. The standard InChI is InChI=1S/C14H21N3OS/c1-10(2)17(9-13(15)18)12(8-14(16)19)11-6-4-3-5-7-11/h3-7,10,12H,8-9H2,1-2H3,(H2,15,18)(H2,16,19). The van der Waals surface area contributed by atoms with Crippen LogP contribution in [0.5, 0.6) is 0 Å². The third-order valence-corrected chi connectivity index (χ3v) is 3.15. The van der Waals surface area contributed by atoms with E-state index in [0.29, 0.717) is 11.4 Å². The Morgan fingerprint density at radius 2 is 1.84 bits per heavy atom. The van der Waals surface area contributed by atoms with Gasteiger partial charge in [0.15, 0.2) is 0 Å². The van der Waals surface area contributed by atoms with Crippen LogP contribution in [0.4, 0.5) is 0 Å². The van der Waals surface area contributed by atoms with E-state index < -0.39 is 0 Å². The van der Waals surface area contributed by atoms with Crippen molar-refractivity contribution in [1.29, 1.82) is 0 Å². The highest BCUT2D eigenvalue weighted by Gasteiger charge is 2.24. The van der Waals surface area contributed by atoms with E-state index in [1.807, 2.05) is 49.1 Å². The molecular weight excluding hydrogens is 258 g/mol. The minimum absolute atomic E-state index is 0.0220. The second-order valence-electron chi connectivity index (χ2n) is 4.83. The zero-order valence-electron chi connectivity index (χ0n) is 11.4. The Bertz CT molecular complexity index is 434. The van der Waals surface area contributed by atoms with Gasteiger partial charge >= 0.3 is 0 Å². The lowest BCUT2D eigenvalue weighted by molar-refractivity contribution is -0.120. The average Bonchev–Trinajstić information content (AvgIpc) is 2.33. The molecule has 0 aliphatic rings. The number of thiocarbonyl (C=S) groups is 1. The summed E-state index contributed by atoms with van der Waals surface area (Å²) in [5.74, 6) is -0.349. The second-order valence-corrected chi connectivity index (χ2v) is 5.35. The monoisotopic (exact) mass is 279 g/mol. The topological polar surface area (TPSA) is 72.3 Å². The summed E-state index contributed by atoms with van der Waals surface area (Å²) in [4.78, 5) is 13.7. The van der Waals surface area contributed by atoms with E-state index in [1.165, 1.54) is 0 Å². The van der Waals surface area contributed by atoms with Crippen molar-refractivity contribution in [1.82, 2.24) is 4.90 Å². The minimum Gasteiger partial charge on any atom is -0.393 e. The molecule has 1 aromatic rings. The summed E-state index contributed by atoms with van der Waals surface area (Å²) in [6.45, 7) is 4.25. The van der Waals surface area contributed by atoms with Gasteiger partial charge in [-0.3, -0.25) is 9.69 Å². The number of amides is 1. The fourth-order valence-electron chi connectivity index (χ4n) is 2.12. The Kier molecular flexibility index (Phi) is 5.92. The molecule has 0 saturated heterocycles. The highest BCUT2D eigenvalue weighted by Crippen LogP contribution is 2.26. The van der Waals surface area contributed by atoms with Crippen LogP contribution in [0.1, 0.15) is 31.9 Å². The molecule has 0 saturated carbocycles. The molecule has 5 heteroatoms. The molecule has 1 rings (SSSR count). The van der Waals surface area contributed by atoms with Gasteiger partial charge in [0.25, 0.3) is 0 Å². The van der Waals surface area contributed by atoms with Crippen molar-refractivity contribution in [3.05, 3.63) is 35.9 Å². The molecule has 4 N–H and O–H groups in total. The molecule has 0 spiro atoms. The molecule has 0 fully saturated rings. The zero-order valence-corrected chi connectivity index (χ0v) is 12.2. The van der Waals surface area contributed by atoms with Gasteiger partial charge in [0, 0.05) is 18.5 Å². The molecule has 1 atom stereocenters. The number of primary amides is 1. The van der Waals surface area contributed by atoms with Crippen LogP contribution < -0.4 is 11.5 Å². The van der Waals surface area contributed by atoms with Crippen molar-refractivity contribution in [2.24, 2.45) is 11.5 Å². The van der Waals surface area contributed by atoms with E-state index in [2.05, 4.69) is 0 Å². The van der Waals surface area contributed by atoms with Crippen LogP contribution in [0.2, 0.25) is 0 Å². The first kappa shape index (κ1) is 15.6. The Hall–Kier alpha value is -1.46. The average molecular weight is 279 g/mol. The van der Waals surface area contributed by atoms with Crippen molar-refractivity contribution in [3.8, 4) is 0 Å². The van der Waals surface area contributed by atoms with Gasteiger partial charge in [0.2, 0.25) is 5.91 Å². The number of rotatable bonds is 7. The number of carbonyl (C=O) groups is 1. The lowest BCUT2D eigenvalue weighted by atomic mass is 10.0. The number of nitrogens with two attached hydrogens (primary N) is 2. The fourth-order valence-corrected chi connectivity index (χ4v) is 2.28. The third-order valence-electron chi connectivity index (χ3n) is 2.98. The van der Waals surface area contributed by atoms with Gasteiger partial charge in [0.1, 0.15) is 0 Å². The minimum atomic E-state index is -0.349. The maximum absolute atomic E-state index is 11.3. The molecule has 1 amide bonds. The summed E-state index contributed by atoms with van der Waals surface area (Å²) in [6.07, 6.45) is 0.533. The first-order valence-corrected chi connectivity index (χ1v) is 6.70. The van der Waals surface area contributed by atoms with Gasteiger partial charge in [-0.2, -0.15) is 0 Å². The van der Waals surface area contributed by atoms with Gasteiger partial charge < -0.3 is 11.5 Å². The molecule has 0 radical (unpaired) electrons. The Balaban J connectivity index is 3.06. The van der Waals surface area contributed by atoms with E-state index in [0.717, 1.165) is 5.56 Å². The van der Waals surface area contributed by atoms with E-state index in [4.69, 9.17) is 23.7 Å². The molecule has 0 aromatic heterocycles. The van der Waals surface area contributed by atoms with E-state index in [9.17, 15) is 4.79 Å². The summed E-state index contributed by atoms with van der Waals surface area (Å²) in [6, 6.07) is 10.1. The molecule has 4 nitrogen and oxygen atoms in total. The maximum Gasteiger partial charge on any atom is 0.231 e. The zero-order chi connectivity index (χ0) is 14.4. The van der Waals surface area contributed by atoms with Crippen molar-refractivity contribution in [3.63, 3.8) is 0 Å². The van der Waals surface area contributed by atoms with Gasteiger partial charge in [-0.15, -0.1) is 0 Å². The van der Waals surface area contributed by atoms with Gasteiger partial charge in [-0.05, 0) is 19.4 Å². The van der Waals surface area contributed by atoms with Crippen LogP contribution in [0.15, 0.2) is 30.3 Å². The maximum atomic E-state index is 11.3. The van der Waals surface area contributed by atoms with Crippen LogP contribution in [0.25, 0.3) is 0 Å². The normalized spacial score (nSPS) is 12.6. The van der Waals surface area contributed by atoms with Crippen LogP contribution >= 0.6 is 12.2 Å². The smallest absolute Gasteiger partial charge is 0.231 e. The third kappa shape index (κ3) is 4.96. The molecule has 19 heavy (non-hydrogen) atoms. The van der Waals surface area contributed by atoms with Gasteiger partial charge in [-0.25, -0.2) is 0 Å². The number of nitrogens with zero attached hydrogens (tertiary/aromatic N) is 1. The fraction of sp³-hybridized carbons (Fsp3) is 0.429. The molecule has 0 heterocycles. The van der Waals surface area contributed by atoms with Gasteiger partial charge in [0.05, 0.1) is 11.5 Å². The highest BCUT2D eigenvalue weighted by atomic mass is 32.1. The lowest BCUT2D eigenvalue weighted by Crippen LogP contribution is -2.42. The number of hydrogen-bond acceptors (Lipinski definition) is 3.